The monoisotopic (exact) mass is 510 g/mol. The zero-order valence-corrected chi connectivity index (χ0v) is 19.7. The molecule has 4 aromatic rings. The van der Waals surface area contributed by atoms with Crippen LogP contribution in [0.2, 0.25) is 0 Å². The fourth-order valence-corrected chi connectivity index (χ4v) is 4.54. The van der Waals surface area contributed by atoms with E-state index >= 15 is 0 Å². The van der Waals surface area contributed by atoms with Crippen LogP contribution in [0.5, 0.6) is 0 Å². The van der Waals surface area contributed by atoms with Gasteiger partial charge in [-0.15, -0.1) is 0 Å². The first-order valence-electron chi connectivity index (χ1n) is 11.9. The number of pyridine rings is 2. The average molecular weight is 510 g/mol. The summed E-state index contributed by atoms with van der Waals surface area (Å²) in [6.07, 6.45) is -0.605. The van der Waals surface area contributed by atoms with Gasteiger partial charge in [-0.3, -0.25) is 14.4 Å². The Hall–Kier alpha value is -4.02. The Morgan fingerprint density at radius 1 is 1.11 bits per heavy atom. The number of aromatic amines is 1. The number of fused-ring (bicyclic) bond motifs is 1. The van der Waals surface area contributed by atoms with Gasteiger partial charge < -0.3 is 10.7 Å². The van der Waals surface area contributed by atoms with E-state index in [0.29, 0.717) is 28.2 Å². The minimum absolute atomic E-state index is 0.0293. The van der Waals surface area contributed by atoms with E-state index in [1.54, 1.807) is 6.07 Å². The fraction of sp³-hybridized carbons (Fsp3) is 0.308. The Labute approximate surface area is 208 Å². The highest BCUT2D eigenvalue weighted by atomic mass is 19.4. The maximum atomic E-state index is 14.1. The lowest BCUT2D eigenvalue weighted by molar-refractivity contribution is -0.136. The Morgan fingerprint density at radius 2 is 1.84 bits per heavy atom. The SMILES string of the molecule is CN=C(N)c1cc(F)ccc1-c1cc(C2CC2)nc(-n2cc(C(F)(F)F)c3nc(C4CC4)[nH]c3c2=O)c1. The van der Waals surface area contributed by atoms with Crippen molar-refractivity contribution in [3.05, 3.63) is 75.3 Å². The summed E-state index contributed by atoms with van der Waals surface area (Å²) >= 11 is 0. The second-order valence-electron chi connectivity index (χ2n) is 9.55. The molecule has 2 aliphatic rings. The molecule has 3 N–H and O–H groups in total. The number of alkyl halides is 3. The van der Waals surface area contributed by atoms with Gasteiger partial charge >= 0.3 is 6.18 Å². The van der Waals surface area contributed by atoms with E-state index < -0.39 is 23.1 Å². The molecule has 0 amide bonds. The Bertz CT molecular complexity index is 1640. The van der Waals surface area contributed by atoms with E-state index in [0.717, 1.165) is 36.4 Å². The van der Waals surface area contributed by atoms with E-state index in [1.807, 2.05) is 0 Å². The van der Waals surface area contributed by atoms with Crippen molar-refractivity contribution >= 4 is 16.9 Å². The summed E-state index contributed by atoms with van der Waals surface area (Å²) in [6.45, 7) is 0. The first-order valence-corrected chi connectivity index (χ1v) is 11.9. The molecular weight excluding hydrogens is 488 g/mol. The Balaban J connectivity index is 1.60. The van der Waals surface area contributed by atoms with Crippen molar-refractivity contribution in [2.75, 3.05) is 7.05 Å². The largest absolute Gasteiger partial charge is 0.419 e. The van der Waals surface area contributed by atoms with Gasteiger partial charge in [-0.2, -0.15) is 13.2 Å². The normalized spacial score (nSPS) is 16.5. The minimum Gasteiger partial charge on any atom is -0.383 e. The van der Waals surface area contributed by atoms with E-state index in [9.17, 15) is 22.4 Å². The van der Waals surface area contributed by atoms with E-state index in [2.05, 4.69) is 19.9 Å². The summed E-state index contributed by atoms with van der Waals surface area (Å²) in [4.78, 5) is 29.0. The van der Waals surface area contributed by atoms with Crippen molar-refractivity contribution in [3.63, 3.8) is 0 Å². The second kappa shape index (κ2) is 8.25. The molecule has 0 unspecified atom stereocenters. The van der Waals surface area contributed by atoms with Gasteiger partial charge in [0.05, 0.1) is 0 Å². The number of imidazole rings is 1. The molecule has 2 fully saturated rings. The number of nitrogens with zero attached hydrogens (tertiary/aromatic N) is 4. The number of H-pyrrole nitrogens is 1. The van der Waals surface area contributed by atoms with E-state index in [-0.39, 0.29) is 34.5 Å². The van der Waals surface area contributed by atoms with Crippen LogP contribution >= 0.6 is 0 Å². The molecule has 0 atom stereocenters. The van der Waals surface area contributed by atoms with Crippen LogP contribution in [-0.2, 0) is 6.18 Å². The number of benzene rings is 1. The number of aromatic nitrogens is 4. The molecule has 3 aromatic heterocycles. The third kappa shape index (κ3) is 4.17. The molecule has 0 saturated heterocycles. The third-order valence-electron chi connectivity index (χ3n) is 6.82. The van der Waals surface area contributed by atoms with Gasteiger partial charge in [-0.25, -0.2) is 14.4 Å². The van der Waals surface area contributed by atoms with Crippen LogP contribution in [0.3, 0.4) is 0 Å². The van der Waals surface area contributed by atoms with Gasteiger partial charge in [0.15, 0.2) is 0 Å². The van der Waals surface area contributed by atoms with Gasteiger partial charge in [0.25, 0.3) is 5.56 Å². The summed E-state index contributed by atoms with van der Waals surface area (Å²) in [7, 11) is 1.48. The summed E-state index contributed by atoms with van der Waals surface area (Å²) in [5, 5.41) is 0. The first kappa shape index (κ1) is 23.4. The molecule has 37 heavy (non-hydrogen) atoms. The number of hydrogen-bond donors (Lipinski definition) is 2. The van der Waals surface area contributed by atoms with Crippen LogP contribution in [0, 0.1) is 5.82 Å². The number of halogens is 4. The molecule has 0 spiro atoms. The quantitative estimate of drug-likeness (QED) is 0.224. The lowest BCUT2D eigenvalue weighted by Crippen LogP contribution is -2.23. The number of amidine groups is 1. The Kier molecular flexibility index (Phi) is 5.22. The number of nitrogens with one attached hydrogen (secondary N) is 1. The zero-order chi connectivity index (χ0) is 26.1. The van der Waals surface area contributed by atoms with Crippen LogP contribution in [0.4, 0.5) is 17.6 Å². The molecule has 11 heteroatoms. The summed E-state index contributed by atoms with van der Waals surface area (Å²) < 4.78 is 57.3. The molecule has 190 valence electrons. The molecule has 0 aliphatic heterocycles. The van der Waals surface area contributed by atoms with Crippen molar-refractivity contribution in [2.24, 2.45) is 10.7 Å². The van der Waals surface area contributed by atoms with Crippen LogP contribution < -0.4 is 11.3 Å². The van der Waals surface area contributed by atoms with Gasteiger partial charge in [0, 0.05) is 36.3 Å². The van der Waals surface area contributed by atoms with Crippen LogP contribution in [0.1, 0.15) is 60.2 Å². The van der Waals surface area contributed by atoms with Crippen LogP contribution in [-0.4, -0.2) is 32.4 Å². The molecule has 0 bridgehead atoms. The lowest BCUT2D eigenvalue weighted by Gasteiger charge is -2.15. The summed E-state index contributed by atoms with van der Waals surface area (Å²) in [5.41, 5.74) is 5.77. The number of hydrogen-bond acceptors (Lipinski definition) is 4. The molecule has 7 nitrogen and oxygen atoms in total. The van der Waals surface area contributed by atoms with Crippen LogP contribution in [0.15, 0.2) is 46.3 Å². The number of aliphatic imine (C=N–C) groups is 1. The van der Waals surface area contributed by atoms with Crippen molar-refractivity contribution < 1.29 is 17.6 Å². The highest BCUT2D eigenvalue weighted by Gasteiger charge is 2.37. The first-order chi connectivity index (χ1) is 17.6. The highest BCUT2D eigenvalue weighted by Crippen LogP contribution is 2.42. The van der Waals surface area contributed by atoms with Crippen LogP contribution in [0.25, 0.3) is 28.0 Å². The summed E-state index contributed by atoms with van der Waals surface area (Å²) in [5.74, 6) is 0.164. The van der Waals surface area contributed by atoms with Gasteiger partial charge in [0.1, 0.15) is 39.9 Å². The van der Waals surface area contributed by atoms with Crippen molar-refractivity contribution in [2.45, 2.75) is 43.7 Å². The highest BCUT2D eigenvalue weighted by molar-refractivity contribution is 6.03. The predicted octanol–water partition coefficient (Wildman–Crippen LogP) is 5.02. The Morgan fingerprint density at radius 3 is 2.49 bits per heavy atom. The average Bonchev–Trinajstić information content (AvgIpc) is 3.80. The van der Waals surface area contributed by atoms with Gasteiger partial charge in [-0.1, -0.05) is 6.07 Å². The molecule has 1 aromatic carbocycles. The van der Waals surface area contributed by atoms with Gasteiger partial charge in [-0.05, 0) is 61.1 Å². The molecular formula is C26H22F4N6O. The zero-order valence-electron chi connectivity index (χ0n) is 19.7. The fourth-order valence-electron chi connectivity index (χ4n) is 4.54. The smallest absolute Gasteiger partial charge is 0.383 e. The standard InChI is InChI=1S/C26H22F4N6O/c1-32-23(31)17-10-15(27)6-7-16(17)14-8-19(12-2-3-12)33-20(9-14)36-11-18(26(28,29)30)21-22(25(36)37)35-24(34-21)13-4-5-13/h6-13H,2-5H2,1H3,(H2,31,32)(H,34,35). The molecule has 2 aliphatic carbocycles. The third-order valence-corrected chi connectivity index (χ3v) is 6.82. The molecule has 6 rings (SSSR count). The van der Waals surface area contributed by atoms with Crippen molar-refractivity contribution in [1.82, 2.24) is 19.5 Å². The van der Waals surface area contributed by atoms with E-state index in [4.69, 9.17) is 5.73 Å². The lowest BCUT2D eigenvalue weighted by atomic mass is 9.98. The second-order valence-corrected chi connectivity index (χ2v) is 9.55. The topological polar surface area (TPSA) is 102 Å². The number of rotatable bonds is 5. The predicted molar refractivity (Wildman–Crippen MR) is 130 cm³/mol. The molecule has 3 heterocycles. The van der Waals surface area contributed by atoms with Crippen molar-refractivity contribution in [1.29, 1.82) is 0 Å². The maximum absolute atomic E-state index is 14.1. The molecule has 2 saturated carbocycles. The van der Waals surface area contributed by atoms with Crippen molar-refractivity contribution in [3.8, 4) is 16.9 Å². The maximum Gasteiger partial charge on any atom is 0.419 e. The van der Waals surface area contributed by atoms with Gasteiger partial charge in [0.2, 0.25) is 0 Å². The number of nitrogens with two attached hydrogens (primary N) is 1. The van der Waals surface area contributed by atoms with E-state index in [1.165, 1.54) is 31.3 Å². The minimum atomic E-state index is -4.74. The molecule has 0 radical (unpaired) electrons. The summed E-state index contributed by atoms with van der Waals surface area (Å²) in [6, 6.07) is 7.36.